The number of hydrazone groups is 1. The minimum absolute atomic E-state index is 0.0134. The van der Waals surface area contributed by atoms with E-state index in [2.05, 4.69) is 10.5 Å². The summed E-state index contributed by atoms with van der Waals surface area (Å²) in [7, 11) is 0. The first-order chi connectivity index (χ1) is 19.8. The fraction of sp³-hybridized carbons (Fsp3) is 0.0667. The highest BCUT2D eigenvalue weighted by Gasteiger charge is 2.20. The smallest absolute Gasteiger partial charge is 0.343 e. The van der Waals surface area contributed by atoms with Crippen LogP contribution in [0.4, 0.5) is 5.69 Å². The number of para-hydroxylation sites is 2. The number of nitrogens with one attached hydrogen (secondary N) is 1. The summed E-state index contributed by atoms with van der Waals surface area (Å²) in [5.74, 6) is -1.90. The number of rotatable bonds is 10. The summed E-state index contributed by atoms with van der Waals surface area (Å²) >= 11 is 0. The van der Waals surface area contributed by atoms with Gasteiger partial charge in [-0.2, -0.15) is 5.10 Å². The summed E-state index contributed by atoms with van der Waals surface area (Å²) in [5.41, 5.74) is 2.91. The number of benzene rings is 4. The molecule has 1 N–H and O–H groups in total. The van der Waals surface area contributed by atoms with Crippen molar-refractivity contribution in [2.45, 2.75) is 13.0 Å². The minimum atomic E-state index is -1.12. The Morgan fingerprint density at radius 1 is 0.805 bits per heavy atom. The van der Waals surface area contributed by atoms with Crippen LogP contribution in [-0.2, 0) is 4.79 Å². The zero-order valence-corrected chi connectivity index (χ0v) is 21.6. The normalized spacial score (nSPS) is 11.3. The molecule has 0 bridgehead atoms. The summed E-state index contributed by atoms with van der Waals surface area (Å²) in [6.07, 6.45) is 0.106. The van der Waals surface area contributed by atoms with E-state index in [0.29, 0.717) is 5.56 Å². The van der Waals surface area contributed by atoms with Crippen molar-refractivity contribution in [3.8, 4) is 17.2 Å². The van der Waals surface area contributed by atoms with Crippen LogP contribution < -0.4 is 19.6 Å². The Labute approximate surface area is 234 Å². The number of carbonyl (C=O) groups excluding carboxylic acids is 3. The Morgan fingerprint density at radius 2 is 1.39 bits per heavy atom. The molecule has 0 aliphatic rings. The predicted molar refractivity (Wildman–Crippen MR) is 148 cm³/mol. The van der Waals surface area contributed by atoms with E-state index in [-0.39, 0.29) is 34.1 Å². The zero-order valence-electron chi connectivity index (χ0n) is 21.6. The molecule has 0 aliphatic heterocycles. The summed E-state index contributed by atoms with van der Waals surface area (Å²) in [4.78, 5) is 48.3. The van der Waals surface area contributed by atoms with E-state index in [1.165, 1.54) is 49.5 Å². The number of nitro groups is 1. The van der Waals surface area contributed by atoms with Crippen LogP contribution in [0.15, 0.2) is 108 Å². The van der Waals surface area contributed by atoms with Crippen LogP contribution in [0.2, 0.25) is 0 Å². The first-order valence-electron chi connectivity index (χ1n) is 12.2. The van der Waals surface area contributed by atoms with Crippen molar-refractivity contribution in [1.29, 1.82) is 0 Å². The van der Waals surface area contributed by atoms with Crippen LogP contribution in [0, 0.1) is 10.1 Å². The maximum atomic E-state index is 12.7. The molecule has 0 heterocycles. The third-order valence-corrected chi connectivity index (χ3v) is 5.53. The van der Waals surface area contributed by atoms with Gasteiger partial charge < -0.3 is 14.2 Å². The topological polar surface area (TPSA) is 146 Å². The molecule has 0 saturated heterocycles. The van der Waals surface area contributed by atoms with Crippen molar-refractivity contribution in [3.63, 3.8) is 0 Å². The third-order valence-electron chi connectivity index (χ3n) is 5.53. The molecule has 4 aromatic carbocycles. The fourth-order valence-corrected chi connectivity index (χ4v) is 3.45. The molecular formula is C30H23N3O8. The number of ether oxygens (including phenoxy) is 3. The lowest BCUT2D eigenvalue weighted by atomic mass is 10.2. The van der Waals surface area contributed by atoms with Gasteiger partial charge in [-0.15, -0.1) is 0 Å². The molecule has 0 radical (unpaired) electrons. The molecule has 11 nitrogen and oxygen atoms in total. The van der Waals surface area contributed by atoms with E-state index in [9.17, 15) is 24.5 Å². The van der Waals surface area contributed by atoms with E-state index in [4.69, 9.17) is 14.2 Å². The van der Waals surface area contributed by atoms with Crippen molar-refractivity contribution < 1.29 is 33.5 Å². The Hall–Kier alpha value is -5.84. The number of nitro benzene ring substituents is 1. The van der Waals surface area contributed by atoms with Crippen molar-refractivity contribution in [2.75, 3.05) is 0 Å². The van der Waals surface area contributed by atoms with Gasteiger partial charge >= 0.3 is 17.6 Å². The number of carbonyl (C=O) groups is 3. The van der Waals surface area contributed by atoms with Gasteiger partial charge in [0, 0.05) is 17.7 Å². The first-order valence-corrected chi connectivity index (χ1v) is 12.2. The van der Waals surface area contributed by atoms with Crippen molar-refractivity contribution >= 4 is 29.7 Å². The Morgan fingerprint density at radius 3 is 2.02 bits per heavy atom. The van der Waals surface area contributed by atoms with Gasteiger partial charge in [-0.25, -0.2) is 15.0 Å². The van der Waals surface area contributed by atoms with Crippen molar-refractivity contribution in [1.82, 2.24) is 5.43 Å². The van der Waals surface area contributed by atoms with E-state index in [0.717, 1.165) is 0 Å². The van der Waals surface area contributed by atoms with E-state index in [1.54, 1.807) is 66.7 Å². The van der Waals surface area contributed by atoms with Gasteiger partial charge in [-0.3, -0.25) is 14.9 Å². The number of hydrogen-bond donors (Lipinski definition) is 1. The molecule has 0 saturated carbocycles. The molecule has 4 aromatic rings. The Kier molecular flexibility index (Phi) is 9.13. The maximum Gasteiger partial charge on any atom is 0.343 e. The molecule has 1 atom stereocenters. The van der Waals surface area contributed by atoms with Crippen LogP contribution in [0.1, 0.15) is 33.2 Å². The second kappa shape index (κ2) is 13.3. The van der Waals surface area contributed by atoms with E-state index < -0.39 is 28.9 Å². The highest BCUT2D eigenvalue weighted by atomic mass is 16.6. The van der Waals surface area contributed by atoms with Gasteiger partial charge in [0.15, 0.2) is 11.9 Å². The SMILES string of the molecule is CC(Oc1ccccc1[N+](=O)[O-])C(=O)N/N=C/c1ccc(OC(=O)c2ccccc2)cc1OC(=O)c1ccccc1. The second-order valence-corrected chi connectivity index (χ2v) is 8.43. The lowest BCUT2D eigenvalue weighted by Crippen LogP contribution is -2.33. The second-order valence-electron chi connectivity index (χ2n) is 8.43. The Bertz CT molecular complexity index is 1590. The quantitative estimate of drug-likeness (QED) is 0.0954. The van der Waals surface area contributed by atoms with Crippen LogP contribution in [-0.4, -0.2) is 35.1 Å². The molecule has 0 fully saturated rings. The van der Waals surface area contributed by atoms with Crippen molar-refractivity contribution in [2.24, 2.45) is 5.10 Å². The molecule has 0 aliphatic carbocycles. The number of nitrogens with zero attached hydrogens (tertiary/aromatic N) is 2. The predicted octanol–water partition coefficient (Wildman–Crippen LogP) is 4.95. The van der Waals surface area contributed by atoms with Gasteiger partial charge in [0.1, 0.15) is 11.5 Å². The highest BCUT2D eigenvalue weighted by Crippen LogP contribution is 2.27. The highest BCUT2D eigenvalue weighted by molar-refractivity contribution is 5.94. The number of hydrogen-bond acceptors (Lipinski definition) is 9. The molecule has 0 aromatic heterocycles. The number of amides is 1. The molecule has 11 heteroatoms. The molecular weight excluding hydrogens is 530 g/mol. The van der Waals surface area contributed by atoms with Crippen LogP contribution in [0.5, 0.6) is 17.2 Å². The number of esters is 2. The van der Waals surface area contributed by atoms with E-state index in [1.807, 2.05) is 0 Å². The van der Waals surface area contributed by atoms with Crippen molar-refractivity contribution in [3.05, 3.63) is 130 Å². The maximum absolute atomic E-state index is 12.7. The summed E-state index contributed by atoms with van der Waals surface area (Å²) in [6, 6.07) is 26.6. The van der Waals surface area contributed by atoms with Gasteiger partial charge in [-0.05, 0) is 49.4 Å². The van der Waals surface area contributed by atoms with Gasteiger partial charge in [0.25, 0.3) is 5.91 Å². The van der Waals surface area contributed by atoms with Crippen LogP contribution in [0.3, 0.4) is 0 Å². The average molecular weight is 554 g/mol. The molecule has 4 rings (SSSR count). The van der Waals surface area contributed by atoms with Gasteiger partial charge in [0.05, 0.1) is 22.3 Å². The monoisotopic (exact) mass is 553 g/mol. The summed E-state index contributed by atoms with van der Waals surface area (Å²) in [5, 5.41) is 15.1. The average Bonchev–Trinajstić information content (AvgIpc) is 2.99. The van der Waals surface area contributed by atoms with Crippen LogP contribution in [0.25, 0.3) is 0 Å². The minimum Gasteiger partial charge on any atom is -0.474 e. The molecule has 1 amide bonds. The zero-order chi connectivity index (χ0) is 29.2. The Balaban J connectivity index is 1.50. The summed E-state index contributed by atoms with van der Waals surface area (Å²) < 4.78 is 16.4. The first kappa shape index (κ1) is 28.2. The molecule has 0 spiro atoms. The lowest BCUT2D eigenvalue weighted by Gasteiger charge is -2.13. The van der Waals surface area contributed by atoms with Gasteiger partial charge in [-0.1, -0.05) is 48.5 Å². The van der Waals surface area contributed by atoms with E-state index >= 15 is 0 Å². The standard InChI is InChI=1S/C30H23N3O8/c1-20(39-26-15-9-8-14-25(26)33(37)38)28(34)32-31-19-23-16-17-24(40-29(35)21-10-4-2-5-11-21)18-27(23)41-30(36)22-12-6-3-7-13-22/h2-20H,1H3,(H,32,34)/b31-19+. The summed E-state index contributed by atoms with van der Waals surface area (Å²) in [6.45, 7) is 1.41. The lowest BCUT2D eigenvalue weighted by molar-refractivity contribution is -0.386. The molecule has 1 unspecified atom stereocenters. The van der Waals surface area contributed by atoms with Gasteiger partial charge in [0.2, 0.25) is 0 Å². The fourth-order valence-electron chi connectivity index (χ4n) is 3.45. The van der Waals surface area contributed by atoms with Crippen LogP contribution >= 0.6 is 0 Å². The molecule has 206 valence electrons. The largest absolute Gasteiger partial charge is 0.474 e. The third kappa shape index (κ3) is 7.60. The molecule has 41 heavy (non-hydrogen) atoms.